The van der Waals surface area contributed by atoms with Crippen molar-refractivity contribution in [2.45, 2.75) is 24.5 Å². The van der Waals surface area contributed by atoms with E-state index in [-0.39, 0.29) is 30.2 Å². The van der Waals surface area contributed by atoms with Gasteiger partial charge in [0.2, 0.25) is 0 Å². The largest absolute Gasteiger partial charge is 0.488 e. The van der Waals surface area contributed by atoms with Gasteiger partial charge in [-0.2, -0.15) is 0 Å². The average molecular weight is 622 g/mol. The van der Waals surface area contributed by atoms with E-state index in [1.54, 1.807) is 49.6 Å². The second-order valence-electron chi connectivity index (χ2n) is 8.53. The van der Waals surface area contributed by atoms with Gasteiger partial charge in [-0.25, -0.2) is 8.78 Å². The van der Waals surface area contributed by atoms with Crippen LogP contribution in [-0.2, 0) is 16.8 Å². The van der Waals surface area contributed by atoms with Crippen molar-refractivity contribution in [3.63, 3.8) is 0 Å². The van der Waals surface area contributed by atoms with Crippen LogP contribution in [0.2, 0.25) is 20.1 Å². The van der Waals surface area contributed by atoms with E-state index in [0.29, 0.717) is 61.9 Å². The van der Waals surface area contributed by atoms with Crippen molar-refractivity contribution in [3.8, 4) is 16.9 Å². The van der Waals surface area contributed by atoms with Crippen LogP contribution in [0.4, 0.5) is 8.78 Å². The fraction of sp³-hybridized carbons (Fsp3) is 0.214. The van der Waals surface area contributed by atoms with Gasteiger partial charge in [0.1, 0.15) is 29.1 Å². The van der Waals surface area contributed by atoms with Crippen LogP contribution in [0.5, 0.6) is 5.75 Å². The molecular weight excluding hydrogens is 598 g/mol. The third-order valence-corrected chi connectivity index (χ3v) is 7.48. The molecule has 202 valence electrons. The number of allylic oxidation sites excluding steroid dienone is 2. The highest BCUT2D eigenvalue weighted by Gasteiger charge is 2.34. The molecule has 0 spiro atoms. The summed E-state index contributed by atoms with van der Waals surface area (Å²) in [6.45, 7) is 0.381. The monoisotopic (exact) mass is 619 g/mol. The van der Waals surface area contributed by atoms with Gasteiger partial charge in [-0.15, -0.1) is 12.4 Å². The first-order chi connectivity index (χ1) is 17.7. The zero-order valence-electron chi connectivity index (χ0n) is 20.1. The highest BCUT2D eigenvalue weighted by atomic mass is 35.5. The van der Waals surface area contributed by atoms with Crippen molar-refractivity contribution >= 4 is 58.8 Å². The number of benzene rings is 3. The maximum atomic E-state index is 13.8. The number of rotatable bonds is 4. The second kappa shape index (κ2) is 13.0. The lowest BCUT2D eigenvalue weighted by Gasteiger charge is -2.32. The fourth-order valence-electron chi connectivity index (χ4n) is 4.41. The summed E-state index contributed by atoms with van der Waals surface area (Å²) in [5.41, 5.74) is 7.47. The smallest absolute Gasteiger partial charge is 0.131 e. The molecule has 0 saturated heterocycles. The maximum Gasteiger partial charge on any atom is 0.131 e. The Morgan fingerprint density at radius 1 is 1.00 bits per heavy atom. The normalized spacial score (nSPS) is 19.5. The van der Waals surface area contributed by atoms with Crippen molar-refractivity contribution in [2.24, 2.45) is 5.73 Å². The maximum absolute atomic E-state index is 13.8. The Kier molecular flexibility index (Phi) is 10.5. The first kappa shape index (κ1) is 30.7. The molecule has 2 atom stereocenters. The van der Waals surface area contributed by atoms with Gasteiger partial charge in [-0.1, -0.05) is 58.5 Å². The van der Waals surface area contributed by atoms with Crippen LogP contribution >= 0.6 is 58.8 Å². The van der Waals surface area contributed by atoms with Crippen LogP contribution in [0.15, 0.2) is 72.6 Å². The number of halogens is 7. The van der Waals surface area contributed by atoms with Crippen molar-refractivity contribution in [2.75, 3.05) is 13.7 Å². The highest BCUT2D eigenvalue weighted by Crippen LogP contribution is 2.45. The Hall–Kier alpha value is -1.83. The second-order valence-corrected chi connectivity index (χ2v) is 10.2. The summed E-state index contributed by atoms with van der Waals surface area (Å²) in [6.07, 6.45) is 5.31. The molecule has 1 aliphatic carbocycles. The number of nitrogens with two attached hydrogens (primary N) is 1. The van der Waals surface area contributed by atoms with Crippen LogP contribution in [0.1, 0.15) is 17.5 Å². The van der Waals surface area contributed by atoms with Crippen molar-refractivity contribution in [1.29, 1.82) is 0 Å². The minimum Gasteiger partial charge on any atom is -0.488 e. The Bertz CT molecular complexity index is 1340. The summed E-state index contributed by atoms with van der Waals surface area (Å²) < 4.78 is 38.2. The van der Waals surface area contributed by atoms with Gasteiger partial charge >= 0.3 is 0 Å². The van der Waals surface area contributed by atoms with Gasteiger partial charge in [0.05, 0.1) is 10.0 Å². The van der Waals surface area contributed by atoms with Gasteiger partial charge in [0.15, 0.2) is 0 Å². The van der Waals surface area contributed by atoms with Crippen molar-refractivity contribution < 1.29 is 18.3 Å². The molecule has 0 amide bonds. The molecule has 1 unspecified atom stereocenters. The van der Waals surface area contributed by atoms with E-state index in [2.05, 4.69) is 0 Å². The van der Waals surface area contributed by atoms with Crippen LogP contribution < -0.4 is 10.5 Å². The molecule has 2 aliphatic rings. The van der Waals surface area contributed by atoms with E-state index in [9.17, 15) is 8.78 Å². The van der Waals surface area contributed by atoms with E-state index >= 15 is 0 Å². The molecule has 2 N–H and O–H groups in total. The van der Waals surface area contributed by atoms with Crippen LogP contribution in [0.3, 0.4) is 0 Å². The molecule has 0 fully saturated rings. The number of methoxy groups -OCH3 is 1. The van der Waals surface area contributed by atoms with Gasteiger partial charge in [-0.05, 0) is 54.6 Å². The molecule has 0 aromatic heterocycles. The first-order valence-electron chi connectivity index (χ1n) is 11.4. The SMILES string of the molecule is COC1(c2c(Cl)cccc2Cl)C=CC(F)=CC1.Cl.NC[C@H]1Cc2cc(F)cc(-c3c(Cl)cccc3Cl)c2O1. The summed E-state index contributed by atoms with van der Waals surface area (Å²) in [4.78, 5) is 0. The molecule has 0 bridgehead atoms. The Morgan fingerprint density at radius 2 is 1.61 bits per heavy atom. The number of hydrogen-bond donors (Lipinski definition) is 1. The minimum absolute atomic E-state index is 0. The quantitative estimate of drug-likeness (QED) is 0.316. The molecule has 10 heteroatoms. The van der Waals surface area contributed by atoms with E-state index in [0.717, 1.165) is 5.56 Å². The third kappa shape index (κ3) is 6.31. The standard InChI is InChI=1S/C15H12Cl2FNO.C13H11Cl2FO.ClH/c16-12-2-1-3-13(17)14(12)11-6-9(18)4-8-5-10(7-19)20-15(8)11;1-17-13(7-5-9(16)6-8-13)12-10(14)3-2-4-11(12)15;/h1-4,6,10H,5,7,19H2;2-7H,8H2,1H3;1H/t10-;;/m1../s1. The van der Waals surface area contributed by atoms with E-state index < -0.39 is 5.60 Å². The summed E-state index contributed by atoms with van der Waals surface area (Å²) in [7, 11) is 1.56. The first-order valence-corrected chi connectivity index (χ1v) is 12.9. The third-order valence-electron chi connectivity index (χ3n) is 6.22. The highest BCUT2D eigenvalue weighted by molar-refractivity contribution is 6.39. The van der Waals surface area contributed by atoms with Crippen LogP contribution in [-0.4, -0.2) is 19.8 Å². The number of hydrogen-bond acceptors (Lipinski definition) is 3. The zero-order chi connectivity index (χ0) is 26.7. The summed E-state index contributed by atoms with van der Waals surface area (Å²) in [5.74, 6) is 0.00806. The minimum atomic E-state index is -0.787. The Labute approximate surface area is 246 Å². The van der Waals surface area contributed by atoms with E-state index in [4.69, 9.17) is 61.6 Å². The lowest BCUT2D eigenvalue weighted by atomic mass is 9.87. The van der Waals surface area contributed by atoms with E-state index in [1.807, 2.05) is 0 Å². The number of ether oxygens (including phenoxy) is 2. The van der Waals surface area contributed by atoms with E-state index in [1.165, 1.54) is 24.3 Å². The Morgan fingerprint density at radius 3 is 2.13 bits per heavy atom. The van der Waals surface area contributed by atoms with Crippen molar-refractivity contribution in [3.05, 3.63) is 110 Å². The molecule has 38 heavy (non-hydrogen) atoms. The molecule has 3 nitrogen and oxygen atoms in total. The van der Waals surface area contributed by atoms with Gasteiger partial charge in [-0.3, -0.25) is 0 Å². The lowest BCUT2D eigenvalue weighted by Crippen LogP contribution is -2.27. The molecule has 0 radical (unpaired) electrons. The molecule has 1 heterocycles. The molecule has 5 rings (SSSR count). The topological polar surface area (TPSA) is 44.5 Å². The molecule has 3 aromatic carbocycles. The van der Waals surface area contributed by atoms with Crippen molar-refractivity contribution in [1.82, 2.24) is 0 Å². The number of fused-ring (bicyclic) bond motifs is 1. The van der Waals surface area contributed by atoms with Crippen LogP contribution in [0.25, 0.3) is 11.1 Å². The summed E-state index contributed by atoms with van der Waals surface area (Å²) in [5, 5.41) is 1.95. The summed E-state index contributed by atoms with van der Waals surface area (Å²) >= 11 is 24.7. The molecule has 1 aliphatic heterocycles. The predicted molar refractivity (Wildman–Crippen MR) is 154 cm³/mol. The van der Waals surface area contributed by atoms with Gasteiger partial charge in [0, 0.05) is 58.8 Å². The predicted octanol–water partition coefficient (Wildman–Crippen LogP) is 9.13. The Balaban J connectivity index is 0.000000208. The molecule has 0 saturated carbocycles. The molecular formula is C28H24Cl5F2NO2. The van der Waals surface area contributed by atoms with Crippen LogP contribution in [0, 0.1) is 5.82 Å². The fourth-order valence-corrected chi connectivity index (χ4v) is 5.73. The molecule has 3 aromatic rings. The lowest BCUT2D eigenvalue weighted by molar-refractivity contribution is 0.0300. The average Bonchev–Trinajstić information content (AvgIpc) is 3.29. The summed E-state index contributed by atoms with van der Waals surface area (Å²) in [6, 6.07) is 13.3. The van der Waals surface area contributed by atoms with Gasteiger partial charge in [0.25, 0.3) is 0 Å². The van der Waals surface area contributed by atoms with Gasteiger partial charge < -0.3 is 15.2 Å². The zero-order valence-corrected chi connectivity index (χ0v) is 24.0.